The quantitative estimate of drug-likeness (QED) is 0.813. The molecule has 0 spiro atoms. The Kier molecular flexibility index (Phi) is 4.36. The standard InChI is InChI=1S/C17H18F2N4O2S/c18-13-9-14(19)11-15(10-13)26(24,25)23-7-5-22(6-8-23)17-4-3-16(20-21-17)12-1-2-12/h3-4,9-12H,1-2,5-8H2. The number of piperazine rings is 1. The number of halogens is 2. The van der Waals surface area contributed by atoms with Crippen molar-refractivity contribution in [3.8, 4) is 0 Å². The summed E-state index contributed by atoms with van der Waals surface area (Å²) in [6.07, 6.45) is 2.32. The fourth-order valence-electron chi connectivity index (χ4n) is 3.09. The molecule has 138 valence electrons. The summed E-state index contributed by atoms with van der Waals surface area (Å²) < 4.78 is 53.2. The minimum absolute atomic E-state index is 0.215. The Morgan fingerprint density at radius 2 is 1.58 bits per heavy atom. The fourth-order valence-corrected chi connectivity index (χ4v) is 4.55. The first kappa shape index (κ1) is 17.3. The molecule has 0 bridgehead atoms. The number of hydrogen-bond acceptors (Lipinski definition) is 5. The van der Waals surface area contributed by atoms with Crippen LogP contribution in [0.3, 0.4) is 0 Å². The Hall–Kier alpha value is -2.13. The third-order valence-electron chi connectivity index (χ3n) is 4.70. The molecule has 2 heterocycles. The van der Waals surface area contributed by atoms with Gasteiger partial charge in [0.15, 0.2) is 5.82 Å². The zero-order valence-electron chi connectivity index (χ0n) is 14.0. The molecule has 26 heavy (non-hydrogen) atoms. The minimum atomic E-state index is -3.93. The lowest BCUT2D eigenvalue weighted by molar-refractivity contribution is 0.382. The molecule has 0 radical (unpaired) electrons. The zero-order valence-corrected chi connectivity index (χ0v) is 14.8. The summed E-state index contributed by atoms with van der Waals surface area (Å²) in [5.41, 5.74) is 1.00. The van der Waals surface area contributed by atoms with E-state index in [4.69, 9.17) is 0 Å². The maximum atomic E-state index is 13.4. The van der Waals surface area contributed by atoms with Gasteiger partial charge in [-0.15, -0.1) is 5.10 Å². The third-order valence-corrected chi connectivity index (χ3v) is 6.58. The van der Waals surface area contributed by atoms with Crippen molar-refractivity contribution in [2.75, 3.05) is 31.1 Å². The van der Waals surface area contributed by atoms with E-state index in [1.54, 1.807) is 0 Å². The van der Waals surface area contributed by atoms with Gasteiger partial charge >= 0.3 is 0 Å². The Balaban J connectivity index is 1.45. The van der Waals surface area contributed by atoms with Gasteiger partial charge in [-0.05, 0) is 37.1 Å². The monoisotopic (exact) mass is 380 g/mol. The number of rotatable bonds is 4. The van der Waals surface area contributed by atoms with E-state index in [1.807, 2.05) is 17.0 Å². The Labute approximate surface area is 150 Å². The predicted molar refractivity (Wildman–Crippen MR) is 91.3 cm³/mol. The Bertz CT molecular complexity index is 889. The van der Waals surface area contributed by atoms with Gasteiger partial charge < -0.3 is 4.90 Å². The summed E-state index contributed by atoms with van der Waals surface area (Å²) in [5, 5.41) is 8.48. The van der Waals surface area contributed by atoms with Crippen molar-refractivity contribution in [2.45, 2.75) is 23.7 Å². The van der Waals surface area contributed by atoms with Gasteiger partial charge in [-0.25, -0.2) is 17.2 Å². The van der Waals surface area contributed by atoms with Crippen LogP contribution in [0.25, 0.3) is 0 Å². The van der Waals surface area contributed by atoms with Crippen molar-refractivity contribution >= 4 is 15.8 Å². The maximum Gasteiger partial charge on any atom is 0.243 e. The molecule has 4 rings (SSSR count). The van der Waals surface area contributed by atoms with Crippen LogP contribution in [0.4, 0.5) is 14.6 Å². The van der Waals surface area contributed by atoms with Crippen molar-refractivity contribution in [2.24, 2.45) is 0 Å². The maximum absolute atomic E-state index is 13.4. The van der Waals surface area contributed by atoms with Crippen molar-refractivity contribution in [1.29, 1.82) is 0 Å². The highest BCUT2D eigenvalue weighted by Gasteiger charge is 2.30. The topological polar surface area (TPSA) is 66.4 Å². The number of hydrogen-bond donors (Lipinski definition) is 0. The lowest BCUT2D eigenvalue weighted by Crippen LogP contribution is -2.49. The Morgan fingerprint density at radius 3 is 2.12 bits per heavy atom. The molecule has 1 aliphatic carbocycles. The molecule has 6 nitrogen and oxygen atoms in total. The molecule has 1 saturated heterocycles. The molecule has 1 aliphatic heterocycles. The molecule has 1 aromatic heterocycles. The first-order valence-electron chi connectivity index (χ1n) is 8.48. The van der Waals surface area contributed by atoms with Crippen molar-refractivity contribution in [3.05, 3.63) is 47.7 Å². The van der Waals surface area contributed by atoms with Crippen LogP contribution in [0.1, 0.15) is 24.5 Å². The molecule has 1 aromatic carbocycles. The van der Waals surface area contributed by atoms with E-state index in [0.717, 1.165) is 30.7 Å². The van der Waals surface area contributed by atoms with E-state index in [0.29, 0.717) is 30.9 Å². The van der Waals surface area contributed by atoms with Gasteiger partial charge in [0.05, 0.1) is 10.6 Å². The van der Waals surface area contributed by atoms with Gasteiger partial charge in [0.1, 0.15) is 11.6 Å². The second-order valence-electron chi connectivity index (χ2n) is 6.59. The minimum Gasteiger partial charge on any atom is -0.352 e. The summed E-state index contributed by atoms with van der Waals surface area (Å²) in [7, 11) is -3.93. The highest BCUT2D eigenvalue weighted by Crippen LogP contribution is 2.38. The lowest BCUT2D eigenvalue weighted by atomic mass is 10.2. The van der Waals surface area contributed by atoms with Crippen LogP contribution in [0.15, 0.2) is 35.2 Å². The van der Waals surface area contributed by atoms with Gasteiger partial charge in [-0.1, -0.05) is 0 Å². The number of benzene rings is 1. The number of nitrogens with zero attached hydrogens (tertiary/aromatic N) is 4. The van der Waals surface area contributed by atoms with E-state index in [-0.39, 0.29) is 18.0 Å². The molecule has 0 atom stereocenters. The van der Waals surface area contributed by atoms with Crippen LogP contribution in [-0.4, -0.2) is 49.1 Å². The van der Waals surface area contributed by atoms with Crippen molar-refractivity contribution in [1.82, 2.24) is 14.5 Å². The fraction of sp³-hybridized carbons (Fsp3) is 0.412. The molecule has 2 aromatic rings. The predicted octanol–water partition coefficient (Wildman–Crippen LogP) is 2.14. The number of anilines is 1. The van der Waals surface area contributed by atoms with Crippen LogP contribution in [-0.2, 0) is 10.0 Å². The second kappa shape index (κ2) is 6.55. The molecule has 0 N–H and O–H groups in total. The van der Waals surface area contributed by atoms with Gasteiger partial charge in [0.2, 0.25) is 10.0 Å². The normalized spacial score (nSPS) is 18.9. The molecule has 0 amide bonds. The van der Waals surface area contributed by atoms with E-state index in [2.05, 4.69) is 10.2 Å². The van der Waals surface area contributed by atoms with Gasteiger partial charge in [-0.3, -0.25) is 0 Å². The lowest BCUT2D eigenvalue weighted by Gasteiger charge is -2.34. The third kappa shape index (κ3) is 3.41. The first-order chi connectivity index (χ1) is 12.4. The summed E-state index contributed by atoms with van der Waals surface area (Å²) in [4.78, 5) is 1.60. The summed E-state index contributed by atoms with van der Waals surface area (Å²) >= 11 is 0. The van der Waals surface area contributed by atoms with E-state index >= 15 is 0 Å². The van der Waals surface area contributed by atoms with E-state index in [1.165, 1.54) is 4.31 Å². The van der Waals surface area contributed by atoms with Gasteiger partial charge in [0, 0.05) is 38.2 Å². The molecule has 1 saturated carbocycles. The number of sulfonamides is 1. The zero-order chi connectivity index (χ0) is 18.3. The SMILES string of the molecule is O=S(=O)(c1cc(F)cc(F)c1)N1CCN(c2ccc(C3CC3)nn2)CC1. The molecule has 2 fully saturated rings. The van der Waals surface area contributed by atoms with Gasteiger partial charge in [-0.2, -0.15) is 9.40 Å². The van der Waals surface area contributed by atoms with E-state index in [9.17, 15) is 17.2 Å². The Morgan fingerprint density at radius 1 is 0.923 bits per heavy atom. The van der Waals surface area contributed by atoms with E-state index < -0.39 is 21.7 Å². The largest absolute Gasteiger partial charge is 0.352 e. The average molecular weight is 380 g/mol. The van der Waals surface area contributed by atoms with Crippen molar-refractivity contribution in [3.63, 3.8) is 0 Å². The molecular weight excluding hydrogens is 362 g/mol. The number of aromatic nitrogens is 2. The second-order valence-corrected chi connectivity index (χ2v) is 8.52. The molecule has 0 unspecified atom stereocenters. The van der Waals surface area contributed by atoms with Crippen LogP contribution < -0.4 is 4.90 Å². The molecular formula is C17H18F2N4O2S. The summed E-state index contributed by atoms with van der Waals surface area (Å²) in [6, 6.07) is 6.21. The highest BCUT2D eigenvalue weighted by molar-refractivity contribution is 7.89. The highest BCUT2D eigenvalue weighted by atomic mass is 32.2. The summed E-state index contributed by atoms with van der Waals surface area (Å²) in [6.45, 7) is 1.31. The summed E-state index contributed by atoms with van der Waals surface area (Å²) in [5.74, 6) is -0.574. The van der Waals surface area contributed by atoms with Crippen LogP contribution in [0, 0.1) is 11.6 Å². The van der Waals surface area contributed by atoms with Crippen LogP contribution in [0.5, 0.6) is 0 Å². The van der Waals surface area contributed by atoms with Crippen LogP contribution >= 0.6 is 0 Å². The smallest absolute Gasteiger partial charge is 0.243 e. The molecule has 9 heteroatoms. The van der Waals surface area contributed by atoms with Crippen LogP contribution in [0.2, 0.25) is 0 Å². The average Bonchev–Trinajstić information content (AvgIpc) is 3.46. The molecule has 2 aliphatic rings. The van der Waals surface area contributed by atoms with Crippen molar-refractivity contribution < 1.29 is 17.2 Å². The first-order valence-corrected chi connectivity index (χ1v) is 9.92. The van der Waals surface area contributed by atoms with Gasteiger partial charge in [0.25, 0.3) is 0 Å².